The zero-order chi connectivity index (χ0) is 26.6. The van der Waals surface area contributed by atoms with Gasteiger partial charge in [-0.05, 0) is 103 Å². The van der Waals surface area contributed by atoms with Crippen molar-refractivity contribution in [2.75, 3.05) is 13.2 Å². The molecule has 4 fully saturated rings. The maximum atomic E-state index is 13.2. The number of benzene rings is 1. The number of rotatable bonds is 3. The number of hydrogen-bond acceptors (Lipinski definition) is 3. The Kier molecular flexibility index (Phi) is 6.07. The van der Waals surface area contributed by atoms with Gasteiger partial charge in [-0.3, -0.25) is 0 Å². The fraction of sp³-hybridized carbons (Fsp3) is 0.759. The van der Waals surface area contributed by atoms with E-state index in [0.29, 0.717) is 17.3 Å². The van der Waals surface area contributed by atoms with Crippen LogP contribution in [0, 0.1) is 23.2 Å². The summed E-state index contributed by atoms with van der Waals surface area (Å²) >= 11 is 17.7. The molecule has 1 aromatic carbocycles. The van der Waals surface area contributed by atoms with Gasteiger partial charge in [-0.2, -0.15) is 0 Å². The summed E-state index contributed by atoms with van der Waals surface area (Å²) in [7, 11) is -1.96. The van der Waals surface area contributed by atoms with Crippen molar-refractivity contribution in [2.24, 2.45) is 23.2 Å². The second kappa shape index (κ2) is 8.44. The van der Waals surface area contributed by atoms with E-state index in [1.165, 1.54) is 49.7 Å². The van der Waals surface area contributed by atoms with Crippen LogP contribution >= 0.6 is 34.8 Å². The predicted octanol–water partition coefficient (Wildman–Crippen LogP) is 8.27. The molecular weight excluding hydrogens is 545 g/mol. The number of amides is 1. The summed E-state index contributed by atoms with van der Waals surface area (Å²) < 4.78 is 10.7. The average Bonchev–Trinajstić information content (AvgIpc) is 3.23. The third-order valence-corrected chi connectivity index (χ3v) is 16.1. The van der Waals surface area contributed by atoms with Crippen molar-refractivity contribution >= 4 is 49.2 Å². The normalized spacial score (nSPS) is 36.2. The van der Waals surface area contributed by atoms with Crippen molar-refractivity contribution < 1.29 is 14.0 Å². The van der Waals surface area contributed by atoms with E-state index >= 15 is 0 Å². The summed E-state index contributed by atoms with van der Waals surface area (Å²) in [6.07, 6.45) is 8.15. The first-order valence-corrected chi connectivity index (χ1v) is 18.1. The Balaban J connectivity index is 1.39. The minimum Gasteiger partial charge on any atom is -0.543 e. The monoisotopic (exact) mass is 583 g/mol. The smallest absolute Gasteiger partial charge is 0.410 e. The predicted molar refractivity (Wildman–Crippen MR) is 152 cm³/mol. The highest BCUT2D eigenvalue weighted by molar-refractivity contribution is 6.74. The van der Waals surface area contributed by atoms with E-state index in [-0.39, 0.29) is 29.2 Å². The van der Waals surface area contributed by atoms with Crippen LogP contribution in [0.1, 0.15) is 70.4 Å². The summed E-state index contributed by atoms with van der Waals surface area (Å²) in [5.74, 6) is 2.75. The molecule has 6 atom stereocenters. The molecule has 4 aliphatic carbocycles. The van der Waals surface area contributed by atoms with Crippen LogP contribution in [0.5, 0.6) is 5.75 Å². The van der Waals surface area contributed by atoms with Gasteiger partial charge in [0, 0.05) is 18.0 Å². The van der Waals surface area contributed by atoms with Crippen molar-refractivity contribution in [3.63, 3.8) is 0 Å². The van der Waals surface area contributed by atoms with E-state index in [1.807, 2.05) is 4.90 Å². The number of alkyl halides is 3. The summed E-state index contributed by atoms with van der Waals surface area (Å²) in [6.45, 7) is 12.1. The number of nitrogens with zero attached hydrogens (tertiary/aromatic N) is 1. The first kappa shape index (κ1) is 26.6. The van der Waals surface area contributed by atoms with E-state index in [2.05, 4.69) is 52.1 Å². The molecule has 0 radical (unpaired) electrons. The molecule has 5 aliphatic rings. The molecular formula is C29H40Cl3NO3Si. The van der Waals surface area contributed by atoms with Crippen LogP contribution in [-0.2, 0) is 16.6 Å². The third kappa shape index (κ3) is 3.83. The first-order chi connectivity index (χ1) is 17.2. The van der Waals surface area contributed by atoms with E-state index < -0.39 is 12.1 Å². The second-order valence-corrected chi connectivity index (χ2v) is 21.3. The molecule has 1 amide bonds. The Bertz CT molecular complexity index is 1110. The van der Waals surface area contributed by atoms with Gasteiger partial charge in [0.1, 0.15) is 12.4 Å². The SMILES string of the molecule is CC(C)(C)[Si](C)(C)Oc1ccc2c(c1)C13CCCC(C2)C12CCC1C3[C@@H](CN1C(=O)OCC(Cl)(Cl)Cl)C2. The van der Waals surface area contributed by atoms with Crippen LogP contribution in [0.15, 0.2) is 18.2 Å². The Morgan fingerprint density at radius 2 is 1.92 bits per heavy atom. The van der Waals surface area contributed by atoms with Crippen molar-refractivity contribution in [2.45, 2.75) is 99.1 Å². The van der Waals surface area contributed by atoms with Crippen LogP contribution in [0.25, 0.3) is 0 Å². The minimum atomic E-state index is -1.96. The van der Waals surface area contributed by atoms with Crippen molar-refractivity contribution in [3.05, 3.63) is 29.3 Å². The fourth-order valence-corrected chi connectivity index (χ4v) is 10.5. The molecule has 0 spiro atoms. The Morgan fingerprint density at radius 1 is 1.16 bits per heavy atom. The Hall–Kier alpha value is -0.623. The topological polar surface area (TPSA) is 38.8 Å². The Morgan fingerprint density at radius 3 is 2.62 bits per heavy atom. The molecule has 6 rings (SSSR count). The average molecular weight is 585 g/mol. The number of carbonyl (C=O) groups excluding carboxylic acids is 1. The van der Waals surface area contributed by atoms with Crippen LogP contribution in [0.2, 0.25) is 18.1 Å². The summed E-state index contributed by atoms with van der Waals surface area (Å²) in [5, 5.41) is 0.148. The number of halogens is 3. The van der Waals surface area contributed by atoms with Gasteiger partial charge in [-0.1, -0.05) is 68.1 Å². The minimum absolute atomic E-state index is 0.119. The highest BCUT2D eigenvalue weighted by Gasteiger charge is 2.75. The van der Waals surface area contributed by atoms with Crippen LogP contribution in [0.4, 0.5) is 4.79 Å². The van der Waals surface area contributed by atoms with E-state index in [0.717, 1.165) is 24.6 Å². The maximum absolute atomic E-state index is 13.2. The molecule has 1 heterocycles. The van der Waals surface area contributed by atoms with Gasteiger partial charge in [-0.25, -0.2) is 4.79 Å². The second-order valence-electron chi connectivity index (χ2n) is 14.0. The molecule has 8 heteroatoms. The zero-order valence-corrected chi connectivity index (χ0v) is 26.0. The van der Waals surface area contributed by atoms with Crippen LogP contribution in [0.3, 0.4) is 0 Å². The molecule has 204 valence electrons. The highest BCUT2D eigenvalue weighted by Crippen LogP contribution is 2.77. The van der Waals surface area contributed by atoms with Crippen LogP contribution < -0.4 is 4.43 Å². The summed E-state index contributed by atoms with van der Waals surface area (Å²) in [4.78, 5) is 15.2. The molecule has 1 aliphatic heterocycles. The molecule has 1 saturated heterocycles. The highest BCUT2D eigenvalue weighted by atomic mass is 35.6. The maximum Gasteiger partial charge on any atom is 0.410 e. The number of likely N-dealkylation sites (tertiary alicyclic amines) is 1. The van der Waals surface area contributed by atoms with E-state index in [9.17, 15) is 4.79 Å². The van der Waals surface area contributed by atoms with Gasteiger partial charge in [-0.15, -0.1) is 0 Å². The van der Waals surface area contributed by atoms with Gasteiger partial charge in [0.2, 0.25) is 12.1 Å². The summed E-state index contributed by atoms with van der Waals surface area (Å²) in [6, 6.07) is 7.22. The molecule has 4 nitrogen and oxygen atoms in total. The lowest BCUT2D eigenvalue weighted by Gasteiger charge is -2.64. The molecule has 5 unspecified atom stereocenters. The standard InChI is InChI=1S/C29H40Cl3NO3Si/c1-26(2,3)37(4,5)36-21-9-8-18-13-20-7-6-11-28(22(18)14-21)24-19-15-27(20,28)12-10-23(24)33(16-19)25(34)35-17-29(30,31)32/h8-9,14,19-20,23-24H,6-7,10-13,15-17H2,1-5H3/t19-,20?,23?,24?,27?,28?/m1/s1. The lowest BCUT2D eigenvalue weighted by Crippen LogP contribution is -2.62. The van der Waals surface area contributed by atoms with Gasteiger partial charge < -0.3 is 14.1 Å². The largest absolute Gasteiger partial charge is 0.543 e. The molecule has 0 aromatic heterocycles. The molecule has 3 saturated carbocycles. The Labute approximate surface area is 237 Å². The molecule has 0 N–H and O–H groups in total. The van der Waals surface area contributed by atoms with Crippen molar-refractivity contribution in [1.82, 2.24) is 4.90 Å². The van der Waals surface area contributed by atoms with Gasteiger partial charge in [0.05, 0.1) is 0 Å². The lowest BCUT2D eigenvalue weighted by atomic mass is 9.41. The van der Waals surface area contributed by atoms with Gasteiger partial charge in [0.15, 0.2) is 0 Å². The molecule has 4 bridgehead atoms. The number of hydrogen-bond donors (Lipinski definition) is 0. The summed E-state index contributed by atoms with van der Waals surface area (Å²) in [5.41, 5.74) is 3.52. The number of carbonyl (C=O) groups is 1. The van der Waals surface area contributed by atoms with Gasteiger partial charge >= 0.3 is 6.09 Å². The zero-order valence-electron chi connectivity index (χ0n) is 22.7. The number of fused-ring (bicyclic) bond motifs is 1. The van der Waals surface area contributed by atoms with Gasteiger partial charge in [0.25, 0.3) is 0 Å². The van der Waals surface area contributed by atoms with E-state index in [1.54, 1.807) is 0 Å². The third-order valence-electron chi connectivity index (χ3n) is 11.4. The quantitative estimate of drug-likeness (QED) is 0.265. The lowest BCUT2D eigenvalue weighted by molar-refractivity contribution is -0.0690. The van der Waals surface area contributed by atoms with Crippen molar-refractivity contribution in [3.8, 4) is 5.75 Å². The molecule has 37 heavy (non-hydrogen) atoms. The first-order valence-electron chi connectivity index (χ1n) is 14.0. The number of ether oxygens (including phenoxy) is 1. The van der Waals surface area contributed by atoms with E-state index in [4.69, 9.17) is 44.0 Å². The van der Waals surface area contributed by atoms with Crippen molar-refractivity contribution in [1.29, 1.82) is 0 Å². The van der Waals surface area contributed by atoms with Crippen LogP contribution in [-0.4, -0.2) is 42.3 Å². The fourth-order valence-electron chi connectivity index (χ4n) is 9.28. The molecule has 1 aromatic rings.